The van der Waals surface area contributed by atoms with Gasteiger partial charge in [0.1, 0.15) is 5.56 Å². The molecule has 0 aromatic carbocycles. The van der Waals surface area contributed by atoms with Gasteiger partial charge in [-0.05, 0) is 6.92 Å². The second kappa shape index (κ2) is 2.41. The zero-order valence-corrected chi connectivity index (χ0v) is 6.06. The fourth-order valence-corrected chi connectivity index (χ4v) is 0.853. The first kappa shape index (κ1) is 7.84. The van der Waals surface area contributed by atoms with E-state index in [1.807, 2.05) is 0 Å². The topological polar surface area (TPSA) is 34.9 Å². The van der Waals surface area contributed by atoms with Gasteiger partial charge in [0.15, 0.2) is 0 Å². The van der Waals surface area contributed by atoms with Crippen LogP contribution in [0.3, 0.4) is 0 Å². The van der Waals surface area contributed by atoms with Crippen molar-refractivity contribution in [2.24, 2.45) is 7.05 Å². The van der Waals surface area contributed by atoms with E-state index in [9.17, 15) is 13.6 Å². The first-order valence-corrected chi connectivity index (χ1v) is 2.93. The highest BCUT2D eigenvalue weighted by molar-refractivity contribution is 5.89. The van der Waals surface area contributed by atoms with Crippen LogP contribution in [0.1, 0.15) is 16.1 Å². The summed E-state index contributed by atoms with van der Waals surface area (Å²) in [6.07, 6.45) is 0. The fraction of sp³-hybridized carbons (Fsp3) is 0.333. The highest BCUT2D eigenvalue weighted by Crippen LogP contribution is 2.11. The van der Waals surface area contributed by atoms with Crippen LogP contribution in [0, 0.1) is 12.9 Å². The van der Waals surface area contributed by atoms with Gasteiger partial charge in [-0.15, -0.1) is 0 Å². The van der Waals surface area contributed by atoms with Crippen LogP contribution in [0.4, 0.5) is 8.78 Å². The number of rotatable bonds is 1. The molecule has 0 unspecified atom stereocenters. The molecule has 0 saturated heterocycles. The summed E-state index contributed by atoms with van der Waals surface area (Å²) in [7, 11) is 1.30. The van der Waals surface area contributed by atoms with E-state index in [-0.39, 0.29) is 5.69 Å². The lowest BCUT2D eigenvalue weighted by atomic mass is 10.3. The van der Waals surface area contributed by atoms with E-state index in [2.05, 4.69) is 5.10 Å². The van der Waals surface area contributed by atoms with Gasteiger partial charge >= 0.3 is 6.04 Å². The molecule has 60 valence electrons. The summed E-state index contributed by atoms with van der Waals surface area (Å²) >= 11 is 0. The number of aryl methyl sites for hydroxylation is 2. The van der Waals surface area contributed by atoms with Crippen molar-refractivity contribution in [2.75, 3.05) is 0 Å². The van der Waals surface area contributed by atoms with Crippen LogP contribution in [0.5, 0.6) is 0 Å². The summed E-state index contributed by atoms with van der Waals surface area (Å²) in [5.41, 5.74) is -0.509. The van der Waals surface area contributed by atoms with Crippen molar-refractivity contribution in [1.82, 2.24) is 9.78 Å². The number of aromatic nitrogens is 2. The van der Waals surface area contributed by atoms with Gasteiger partial charge in [-0.1, -0.05) is 0 Å². The van der Waals surface area contributed by atoms with Gasteiger partial charge in [0.2, 0.25) is 5.95 Å². The lowest BCUT2D eigenvalue weighted by Crippen LogP contribution is -1.97. The highest BCUT2D eigenvalue weighted by atomic mass is 19.1. The summed E-state index contributed by atoms with van der Waals surface area (Å²) < 4.78 is 25.6. The minimum Gasteiger partial charge on any atom is -0.255 e. The first-order chi connectivity index (χ1) is 5.04. The third kappa shape index (κ3) is 1.13. The Morgan fingerprint density at radius 2 is 2.18 bits per heavy atom. The maximum atomic E-state index is 12.7. The number of carbonyl (C=O) groups is 1. The minimum absolute atomic E-state index is 0.0671. The zero-order chi connectivity index (χ0) is 8.59. The Labute approximate surface area is 61.6 Å². The second-order valence-corrected chi connectivity index (χ2v) is 2.15. The normalized spacial score (nSPS) is 10.2. The summed E-state index contributed by atoms with van der Waals surface area (Å²) in [5, 5.41) is 3.51. The number of hydrogen-bond acceptors (Lipinski definition) is 2. The van der Waals surface area contributed by atoms with Crippen LogP contribution < -0.4 is 0 Å². The lowest BCUT2D eigenvalue weighted by molar-refractivity contribution is 0.0830. The Morgan fingerprint density at radius 3 is 2.36 bits per heavy atom. The highest BCUT2D eigenvalue weighted by Gasteiger charge is 2.19. The number of hydrogen-bond donors (Lipinski definition) is 0. The Morgan fingerprint density at radius 1 is 1.64 bits per heavy atom. The lowest BCUT2D eigenvalue weighted by Gasteiger charge is -1.87. The third-order valence-electron chi connectivity index (χ3n) is 1.35. The van der Waals surface area contributed by atoms with Gasteiger partial charge in [0, 0.05) is 7.05 Å². The third-order valence-corrected chi connectivity index (χ3v) is 1.35. The van der Waals surface area contributed by atoms with Crippen LogP contribution in [0.15, 0.2) is 0 Å². The van der Waals surface area contributed by atoms with E-state index in [4.69, 9.17) is 0 Å². The van der Waals surface area contributed by atoms with Crippen LogP contribution in [-0.4, -0.2) is 15.8 Å². The van der Waals surface area contributed by atoms with Crippen molar-refractivity contribution < 1.29 is 13.6 Å². The molecule has 0 aliphatic rings. The van der Waals surface area contributed by atoms with E-state index >= 15 is 0 Å². The molecular weight excluding hydrogens is 154 g/mol. The molecule has 0 aliphatic carbocycles. The van der Waals surface area contributed by atoms with Crippen LogP contribution in [0.2, 0.25) is 0 Å². The average Bonchev–Trinajstić information content (AvgIpc) is 2.07. The molecule has 11 heavy (non-hydrogen) atoms. The molecule has 0 radical (unpaired) electrons. The summed E-state index contributed by atoms with van der Waals surface area (Å²) in [4.78, 5) is 10.1. The minimum atomic E-state index is -1.78. The van der Waals surface area contributed by atoms with Crippen molar-refractivity contribution >= 4 is 6.04 Å². The van der Waals surface area contributed by atoms with Gasteiger partial charge in [-0.2, -0.15) is 13.9 Å². The molecule has 1 aromatic rings. The average molecular weight is 160 g/mol. The molecule has 1 aromatic heterocycles. The van der Waals surface area contributed by atoms with E-state index in [1.54, 1.807) is 0 Å². The molecule has 1 rings (SSSR count). The predicted molar refractivity (Wildman–Crippen MR) is 33.3 cm³/mol. The first-order valence-electron chi connectivity index (χ1n) is 2.93. The quantitative estimate of drug-likeness (QED) is 0.574. The Kier molecular flexibility index (Phi) is 1.72. The van der Waals surface area contributed by atoms with E-state index in [1.165, 1.54) is 14.0 Å². The van der Waals surface area contributed by atoms with E-state index in [0.29, 0.717) is 0 Å². The molecule has 3 nitrogen and oxygen atoms in total. The van der Waals surface area contributed by atoms with Crippen molar-refractivity contribution in [3.8, 4) is 0 Å². The van der Waals surface area contributed by atoms with Crippen molar-refractivity contribution in [3.63, 3.8) is 0 Å². The Hall–Kier alpha value is -1.26. The molecule has 0 N–H and O–H groups in total. The predicted octanol–water partition coefficient (Wildman–Crippen LogP) is 0.977. The number of carbonyl (C=O) groups excluding carboxylic acids is 1. The van der Waals surface area contributed by atoms with Crippen molar-refractivity contribution in [3.05, 3.63) is 17.2 Å². The summed E-state index contributed by atoms with van der Waals surface area (Å²) in [6.45, 7) is 1.37. The van der Waals surface area contributed by atoms with E-state index in [0.717, 1.165) is 4.68 Å². The van der Waals surface area contributed by atoms with Crippen LogP contribution in [-0.2, 0) is 7.05 Å². The molecule has 1 heterocycles. The number of halogens is 2. The SMILES string of the molecule is Cc1nn(C)c(F)c1C(=O)F. The van der Waals surface area contributed by atoms with Gasteiger partial charge in [0.25, 0.3) is 0 Å². The molecule has 0 aliphatic heterocycles. The molecule has 0 amide bonds. The fourth-order valence-electron chi connectivity index (χ4n) is 0.853. The van der Waals surface area contributed by atoms with Crippen LogP contribution >= 0.6 is 0 Å². The maximum absolute atomic E-state index is 12.7. The molecule has 0 fully saturated rings. The Bertz CT molecular complexity index is 306. The van der Waals surface area contributed by atoms with Gasteiger partial charge in [0.05, 0.1) is 5.69 Å². The molecule has 0 atom stereocenters. The summed E-state index contributed by atoms with van der Waals surface area (Å²) in [6, 6.07) is -1.78. The molecule has 0 bridgehead atoms. The summed E-state index contributed by atoms with van der Waals surface area (Å²) in [5.74, 6) is -0.935. The Balaban J connectivity index is 3.34. The molecule has 0 spiro atoms. The molecule has 5 heteroatoms. The van der Waals surface area contributed by atoms with Crippen LogP contribution in [0.25, 0.3) is 0 Å². The standard InChI is InChI=1S/C6H6F2N2O/c1-3-4(6(8)11)5(7)10(2)9-3/h1-2H3. The van der Waals surface area contributed by atoms with Gasteiger partial charge in [-0.3, -0.25) is 4.79 Å². The van der Waals surface area contributed by atoms with Gasteiger partial charge in [-0.25, -0.2) is 4.68 Å². The van der Waals surface area contributed by atoms with Gasteiger partial charge < -0.3 is 0 Å². The largest absolute Gasteiger partial charge is 0.338 e. The zero-order valence-electron chi connectivity index (χ0n) is 6.06. The maximum Gasteiger partial charge on any atom is 0.338 e. The second-order valence-electron chi connectivity index (χ2n) is 2.15. The monoisotopic (exact) mass is 160 g/mol. The molecular formula is C6H6F2N2O. The molecule has 0 saturated carbocycles. The van der Waals surface area contributed by atoms with Crippen molar-refractivity contribution in [2.45, 2.75) is 6.92 Å². The smallest absolute Gasteiger partial charge is 0.255 e. The van der Waals surface area contributed by atoms with Crippen molar-refractivity contribution in [1.29, 1.82) is 0 Å². The number of nitrogens with zero attached hydrogens (tertiary/aromatic N) is 2. The van der Waals surface area contributed by atoms with E-state index < -0.39 is 17.5 Å².